The topological polar surface area (TPSA) is 577 Å². The minimum atomic E-state index is -1.42. The van der Waals surface area contributed by atoms with E-state index in [4.69, 9.17) is 37.4 Å². The molecule has 0 unspecified atom stereocenters. The van der Waals surface area contributed by atoms with Crippen LogP contribution in [-0.4, -0.2) is 189 Å². The number of benzene rings is 8. The molecule has 12 heterocycles. The first-order valence-electron chi connectivity index (χ1n) is 46.8. The molecule has 12 aromatic heterocycles. The molecule has 0 saturated heterocycles. The van der Waals surface area contributed by atoms with E-state index in [1.807, 2.05) is 125 Å². The number of aromatic carboxylic acids is 4. The second kappa shape index (κ2) is 41.3. The van der Waals surface area contributed by atoms with E-state index in [9.17, 15) is 89.4 Å². The zero-order valence-corrected chi connectivity index (χ0v) is 79.9. The Bertz CT molecular complexity index is 8760. The van der Waals surface area contributed by atoms with Gasteiger partial charge in [-0.15, -0.1) is 0 Å². The number of para-hydroxylation sites is 4. The van der Waals surface area contributed by atoms with Gasteiger partial charge in [-0.1, -0.05) is 133 Å². The van der Waals surface area contributed by atoms with Gasteiger partial charge in [0, 0.05) is 165 Å². The number of allylic oxidation sites excluding steroid dienone is 3. The van der Waals surface area contributed by atoms with E-state index < -0.39 is 116 Å². The van der Waals surface area contributed by atoms with Crippen LogP contribution >= 0.6 is 0 Å². The number of ether oxygens (including phenoxy) is 2. The number of hydrogen-bond acceptors (Lipinski definition) is 22. The summed E-state index contributed by atoms with van der Waals surface area (Å²) in [5.74, 6) is -12.8. The fourth-order valence-corrected chi connectivity index (χ4v) is 18.9. The molecule has 0 spiro atoms. The number of carboxylic acids is 4. The maximum absolute atomic E-state index is 13.9. The Balaban J connectivity index is 0.000000128. The zero-order chi connectivity index (χ0) is 104. The van der Waals surface area contributed by atoms with Gasteiger partial charge in [0.2, 0.25) is 69.2 Å². The summed E-state index contributed by atoms with van der Waals surface area (Å²) >= 11 is 0. The summed E-state index contributed by atoms with van der Waals surface area (Å²) in [5.41, 5.74) is 16.4. The van der Waals surface area contributed by atoms with Crippen molar-refractivity contribution in [1.29, 1.82) is 0 Å². The molecule has 1 aliphatic rings. The normalized spacial score (nSPS) is 12.3. The Kier molecular flexibility index (Phi) is 27.7. The Morgan fingerprint density at radius 3 is 1.18 bits per heavy atom. The molecule has 1 aliphatic carbocycles. The zero-order valence-electron chi connectivity index (χ0n) is 79.9. The lowest BCUT2D eigenvalue weighted by Crippen LogP contribution is -2.00. The van der Waals surface area contributed by atoms with Crippen LogP contribution in [0.4, 0.5) is 0 Å². The predicted octanol–water partition coefficient (Wildman–Crippen LogP) is 21.1. The van der Waals surface area contributed by atoms with Crippen LogP contribution in [0.25, 0.3) is 132 Å². The molecule has 0 aliphatic heterocycles. The highest BCUT2D eigenvalue weighted by Gasteiger charge is 2.41. The van der Waals surface area contributed by atoms with Gasteiger partial charge in [0.05, 0.1) is 78.5 Å². The van der Waals surface area contributed by atoms with Crippen molar-refractivity contribution in [1.82, 2.24) is 39.9 Å². The molecule has 20 aromatic rings. The van der Waals surface area contributed by atoms with Crippen molar-refractivity contribution in [3.05, 3.63) is 332 Å². The van der Waals surface area contributed by atoms with Crippen molar-refractivity contribution in [3.63, 3.8) is 0 Å². The first kappa shape index (κ1) is 98.8. The monoisotopic (exact) mass is 1980 g/mol. The Hall–Kier alpha value is -18.4. The number of aliphatic hydroxyl groups excluding tert-OH is 4. The van der Waals surface area contributed by atoms with Crippen molar-refractivity contribution in [3.8, 4) is 79.0 Å². The number of hydrogen-bond donors (Lipinski definition) is 20. The first-order valence-corrected chi connectivity index (χ1v) is 46.8. The number of aromatic amines is 8. The molecule has 1 saturated carbocycles. The van der Waals surface area contributed by atoms with Crippen molar-refractivity contribution in [2.75, 3.05) is 40.6 Å². The smallest absolute Gasteiger partial charge is 0.372 e. The molecule has 20 N–H and O–H groups in total. The molecule has 0 bridgehead atoms. The van der Waals surface area contributed by atoms with E-state index in [2.05, 4.69) is 39.9 Å². The number of rotatable bonds is 32. The summed E-state index contributed by atoms with van der Waals surface area (Å²) in [4.78, 5) is 128. The van der Waals surface area contributed by atoms with Crippen LogP contribution in [-0.2, 0) is 25.7 Å². The highest BCUT2D eigenvalue weighted by molar-refractivity contribution is 6.23. The second-order valence-corrected chi connectivity index (χ2v) is 35.6. The van der Waals surface area contributed by atoms with Gasteiger partial charge in [0.25, 0.3) is 0 Å². The average molecular weight is 1980 g/mol. The summed E-state index contributed by atoms with van der Waals surface area (Å²) < 4.78 is 32.7. The summed E-state index contributed by atoms with van der Waals surface area (Å²) in [7, 11) is 3.03. The number of ketones is 4. The Morgan fingerprint density at radius 2 is 0.748 bits per heavy atom. The van der Waals surface area contributed by atoms with Gasteiger partial charge in [0.15, 0.2) is 23.0 Å². The van der Waals surface area contributed by atoms with Crippen LogP contribution in [0.15, 0.2) is 242 Å². The molecule has 746 valence electrons. The summed E-state index contributed by atoms with van der Waals surface area (Å²) in [6.45, 7) is 7.40. The maximum atomic E-state index is 13.9. The van der Waals surface area contributed by atoms with E-state index in [-0.39, 0.29) is 76.9 Å². The standard InChI is InChI=1S/C31H28N2O6.C28H24N2O6.C27H24N2O7.C27H22N2O7/c1-15(14-34)7-9-17-10-8-16(2)22-20(13-32-25(17)22)27(35)30-28(36)24(29(39-30)31(37)38)23-19-5-3-4-6-21(19)33-26(23)18-11-12-18;1-14(13-31)7-9-16-10-8-15(2)21-19(12-30-23(16)21)24(32)27-25(33)22(26(36-27)28(34)35)18-11-29-20-6-4-3-5-17(18)20;2*1-35-15-8-9-20-17(11-15)18(12-28-20)21-24(32)26(36-25(21)27(33)34)23(31)19-13-29-22-14(5-2-3-10-30)6-4-7-16(19)22/h3-8,10,13,18,32-34,36H,9,11-12,14H2,1-2H3,(H,37,38);3-8,10-12,29-31,33H,9,13H2,1-2H3,(H,34,35);4,6-9,11-13,28-30,32H,2-3,5,10H2,1H3,(H,33,34);2-4,6-9,11-13,28-30,32H,5,10H2,1H3,(H,33,34)/b15-7-;14-7+;;3-2-. The van der Waals surface area contributed by atoms with Gasteiger partial charge in [-0.25, -0.2) is 19.2 Å². The lowest BCUT2D eigenvalue weighted by molar-refractivity contribution is 0.0650. The van der Waals surface area contributed by atoms with Crippen molar-refractivity contribution >= 4 is 134 Å². The molecule has 0 amide bonds. The van der Waals surface area contributed by atoms with Gasteiger partial charge >= 0.3 is 23.9 Å². The van der Waals surface area contributed by atoms with Gasteiger partial charge in [0.1, 0.15) is 11.5 Å². The molecule has 34 nitrogen and oxygen atoms in total. The number of aromatic nitrogens is 8. The van der Waals surface area contributed by atoms with Crippen LogP contribution in [0.3, 0.4) is 0 Å². The molecule has 0 radical (unpaired) electrons. The second-order valence-electron chi connectivity index (χ2n) is 35.6. The number of aliphatic hydroxyl groups is 4. The Morgan fingerprint density at radius 1 is 0.367 bits per heavy atom. The SMILES string of the molecule is C/C(=C/Cc1ccc(C)c2c(C(=O)c3oc(C(=O)O)c(-c4c(C5CC5)[nH]c5ccccc45)c3O)c[nH]c12)CO.C/C(=C\Cc1ccc(C)c2c(C(=O)c3oc(C(=O)O)c(-c4c[nH]c5ccccc45)c3O)c[nH]c12)CO.COc1ccc2[nH]cc(-c3c(C(=O)O)oc(C(=O)c4c[nH]c5c(C/C=C\CO)cccc45)c3O)c2c1.COc1ccc2[nH]cc(-c3c(C(=O)O)oc(C(=O)c4c[nH]c5c(CCCCO)cccc45)c3O)c2c1. The number of carbonyl (C=O) groups is 8. The number of carboxylic acid groups (broad SMARTS) is 4. The van der Waals surface area contributed by atoms with E-state index >= 15 is 0 Å². The van der Waals surface area contributed by atoms with E-state index in [1.165, 1.54) is 26.6 Å². The van der Waals surface area contributed by atoms with Crippen LogP contribution in [0.5, 0.6) is 34.5 Å². The van der Waals surface area contributed by atoms with Crippen molar-refractivity contribution in [2.24, 2.45) is 0 Å². The van der Waals surface area contributed by atoms with Crippen LogP contribution in [0.1, 0.15) is 191 Å². The highest BCUT2D eigenvalue weighted by Crippen LogP contribution is 2.53. The van der Waals surface area contributed by atoms with Gasteiger partial charge < -0.3 is 128 Å². The lowest BCUT2D eigenvalue weighted by atomic mass is 9.96. The summed E-state index contributed by atoms with van der Waals surface area (Å²) in [5, 5.41) is 126. The highest BCUT2D eigenvalue weighted by atomic mass is 16.5. The summed E-state index contributed by atoms with van der Waals surface area (Å²) in [6.07, 6.45) is 23.8. The average Bonchev–Trinajstić information content (AvgIpc) is 1.57. The van der Waals surface area contributed by atoms with Crippen LogP contribution in [0, 0.1) is 13.8 Å². The fourth-order valence-electron chi connectivity index (χ4n) is 18.9. The predicted molar refractivity (Wildman–Crippen MR) is 549 cm³/mol. The third kappa shape index (κ3) is 18.5. The number of H-pyrrole nitrogens is 8. The van der Waals surface area contributed by atoms with Crippen LogP contribution in [0.2, 0.25) is 0 Å². The third-order valence-electron chi connectivity index (χ3n) is 26.4. The lowest BCUT2D eigenvalue weighted by Gasteiger charge is -2.06. The van der Waals surface area contributed by atoms with Gasteiger partial charge in [-0.05, 0) is 167 Å². The molecule has 1 fully saturated rings. The molecule has 0 atom stereocenters. The Labute approximate surface area is 832 Å². The van der Waals surface area contributed by atoms with Crippen molar-refractivity contribution in [2.45, 2.75) is 85.0 Å². The summed E-state index contributed by atoms with van der Waals surface area (Å²) in [6, 6.07) is 43.9. The third-order valence-corrected chi connectivity index (χ3v) is 26.4. The first-order chi connectivity index (χ1) is 71.0. The minimum Gasteiger partial charge on any atom is -0.504 e. The fraction of sp³-hybridized carbons (Fsp3) is 0.168. The molecule has 21 rings (SSSR count). The van der Waals surface area contributed by atoms with Gasteiger partial charge in [-0.3, -0.25) is 19.2 Å². The number of aryl methyl sites for hydroxylation is 3. The molecule has 147 heavy (non-hydrogen) atoms. The number of unbranched alkanes of at least 4 members (excludes halogenated alkanes) is 1. The number of nitrogens with one attached hydrogen (secondary N) is 8. The van der Waals surface area contributed by atoms with Crippen molar-refractivity contribution < 1.29 is 127 Å². The molecule has 34 heteroatoms. The number of aromatic hydroxyl groups is 4. The number of methoxy groups -OCH3 is 2. The molecular formula is C113H98N8O26. The number of furan rings is 4. The quantitative estimate of drug-likeness (QED) is 0.0106. The molecular weight excluding hydrogens is 1890 g/mol. The van der Waals surface area contributed by atoms with Gasteiger partial charge in [-0.2, -0.15) is 0 Å². The van der Waals surface area contributed by atoms with E-state index in [0.717, 1.165) is 114 Å². The minimum absolute atomic E-state index is 0.0204. The number of fused-ring (bicyclic) bond motifs is 8. The van der Waals surface area contributed by atoms with E-state index in [1.54, 1.807) is 104 Å². The largest absolute Gasteiger partial charge is 0.504 e. The van der Waals surface area contributed by atoms with Crippen LogP contribution < -0.4 is 9.47 Å². The maximum Gasteiger partial charge on any atom is 0.372 e. The number of carbonyl (C=O) groups excluding carboxylic acids is 4. The molecule has 8 aromatic carbocycles. The van der Waals surface area contributed by atoms with E-state index in [0.29, 0.717) is 108 Å².